The lowest BCUT2D eigenvalue weighted by atomic mass is 10.0. The van der Waals surface area contributed by atoms with Gasteiger partial charge in [-0.05, 0) is 42.4 Å². The van der Waals surface area contributed by atoms with Gasteiger partial charge in [-0.1, -0.05) is 6.92 Å². The second-order valence-corrected chi connectivity index (χ2v) is 4.63. The molecule has 0 radical (unpaired) electrons. The molecule has 1 aliphatic carbocycles. The summed E-state index contributed by atoms with van der Waals surface area (Å²) in [5.41, 5.74) is 3.39. The Kier molecular flexibility index (Phi) is 3.21. The van der Waals surface area contributed by atoms with Gasteiger partial charge in [0.25, 0.3) is 0 Å². The highest BCUT2D eigenvalue weighted by Gasteiger charge is 2.38. The summed E-state index contributed by atoms with van der Waals surface area (Å²) in [7, 11) is 0. The first-order valence-electron chi connectivity index (χ1n) is 5.51. The summed E-state index contributed by atoms with van der Waals surface area (Å²) in [5.74, 6) is 5.57. The van der Waals surface area contributed by atoms with Crippen LogP contribution in [0.5, 0.6) is 0 Å². The number of hydrogen-bond acceptors (Lipinski definition) is 2. The van der Waals surface area contributed by atoms with Gasteiger partial charge in [-0.25, -0.2) is 8.78 Å². The second-order valence-electron chi connectivity index (χ2n) is 4.63. The standard InChI is InChI=1S/C12H16F2N2/c1-7-2-11(7)12(16-15)5-8-3-9(13)6-10(14)4-8/h3-4,6-7,11-12,16H,2,5,15H2,1H3. The zero-order chi connectivity index (χ0) is 11.7. The SMILES string of the molecule is CC1CC1C(Cc1cc(F)cc(F)c1)NN. The van der Waals surface area contributed by atoms with E-state index in [-0.39, 0.29) is 6.04 Å². The molecule has 1 fully saturated rings. The van der Waals surface area contributed by atoms with Crippen LogP contribution in [0.4, 0.5) is 8.78 Å². The topological polar surface area (TPSA) is 38.0 Å². The number of nitrogens with one attached hydrogen (secondary N) is 1. The quantitative estimate of drug-likeness (QED) is 0.608. The molecule has 2 rings (SSSR count). The van der Waals surface area contributed by atoms with Gasteiger partial charge in [-0.3, -0.25) is 11.3 Å². The zero-order valence-electron chi connectivity index (χ0n) is 9.21. The zero-order valence-corrected chi connectivity index (χ0v) is 9.21. The fourth-order valence-corrected chi connectivity index (χ4v) is 2.23. The minimum absolute atomic E-state index is 0.108. The molecule has 0 saturated heterocycles. The molecule has 1 saturated carbocycles. The van der Waals surface area contributed by atoms with Crippen LogP contribution >= 0.6 is 0 Å². The van der Waals surface area contributed by atoms with Gasteiger partial charge in [0, 0.05) is 12.1 Å². The highest BCUT2D eigenvalue weighted by molar-refractivity contribution is 5.19. The molecule has 0 heterocycles. The Balaban J connectivity index is 2.06. The molecule has 3 unspecified atom stereocenters. The summed E-state index contributed by atoms with van der Waals surface area (Å²) >= 11 is 0. The van der Waals surface area contributed by atoms with Gasteiger partial charge in [0.1, 0.15) is 11.6 Å². The van der Waals surface area contributed by atoms with Crippen molar-refractivity contribution >= 4 is 0 Å². The fourth-order valence-electron chi connectivity index (χ4n) is 2.23. The summed E-state index contributed by atoms with van der Waals surface area (Å²) in [6, 6.07) is 3.71. The molecule has 0 aliphatic heterocycles. The van der Waals surface area contributed by atoms with Gasteiger partial charge in [0.15, 0.2) is 0 Å². The number of hydrogen-bond donors (Lipinski definition) is 2. The van der Waals surface area contributed by atoms with Gasteiger partial charge < -0.3 is 0 Å². The first-order chi connectivity index (χ1) is 7.60. The molecule has 3 atom stereocenters. The van der Waals surface area contributed by atoms with Gasteiger partial charge in [0.05, 0.1) is 0 Å². The van der Waals surface area contributed by atoms with Crippen molar-refractivity contribution in [3.05, 3.63) is 35.4 Å². The lowest BCUT2D eigenvalue weighted by Crippen LogP contribution is -2.38. The highest BCUT2D eigenvalue weighted by atomic mass is 19.1. The Morgan fingerprint density at radius 2 is 1.94 bits per heavy atom. The van der Waals surface area contributed by atoms with Crippen molar-refractivity contribution in [1.29, 1.82) is 0 Å². The van der Waals surface area contributed by atoms with Crippen LogP contribution in [0.2, 0.25) is 0 Å². The van der Waals surface area contributed by atoms with E-state index in [1.54, 1.807) is 0 Å². The predicted molar refractivity (Wildman–Crippen MR) is 58.4 cm³/mol. The van der Waals surface area contributed by atoms with Crippen LogP contribution < -0.4 is 11.3 Å². The first kappa shape index (κ1) is 11.5. The maximum atomic E-state index is 13.0. The molecule has 1 aliphatic rings. The molecule has 16 heavy (non-hydrogen) atoms. The summed E-state index contributed by atoms with van der Waals surface area (Å²) in [4.78, 5) is 0. The van der Waals surface area contributed by atoms with Crippen LogP contribution in [0.1, 0.15) is 18.9 Å². The number of hydrazine groups is 1. The molecule has 1 aromatic carbocycles. The van der Waals surface area contributed by atoms with E-state index in [1.807, 2.05) is 0 Å². The molecule has 3 N–H and O–H groups in total. The van der Waals surface area contributed by atoms with Gasteiger partial charge >= 0.3 is 0 Å². The van der Waals surface area contributed by atoms with E-state index >= 15 is 0 Å². The van der Waals surface area contributed by atoms with E-state index in [4.69, 9.17) is 5.84 Å². The largest absolute Gasteiger partial charge is 0.271 e. The summed E-state index contributed by atoms with van der Waals surface area (Å²) < 4.78 is 26.0. The van der Waals surface area contributed by atoms with Crippen molar-refractivity contribution in [3.8, 4) is 0 Å². The molecule has 0 aromatic heterocycles. The Bertz CT molecular complexity index is 361. The summed E-state index contributed by atoms with van der Waals surface area (Å²) in [5, 5.41) is 0. The highest BCUT2D eigenvalue weighted by Crippen LogP contribution is 2.41. The Labute approximate surface area is 93.8 Å². The number of halogens is 2. The monoisotopic (exact) mass is 226 g/mol. The third kappa shape index (κ3) is 2.57. The van der Waals surface area contributed by atoms with Crippen LogP contribution in [-0.2, 0) is 6.42 Å². The molecular weight excluding hydrogens is 210 g/mol. The number of benzene rings is 1. The summed E-state index contributed by atoms with van der Waals surface area (Å²) in [6.07, 6.45) is 1.70. The average Bonchev–Trinajstić information content (AvgIpc) is 2.90. The van der Waals surface area contributed by atoms with E-state index in [9.17, 15) is 8.78 Å². The van der Waals surface area contributed by atoms with Crippen molar-refractivity contribution in [2.45, 2.75) is 25.8 Å². The number of rotatable bonds is 4. The van der Waals surface area contributed by atoms with Crippen LogP contribution in [0.25, 0.3) is 0 Å². The molecule has 88 valence electrons. The molecule has 4 heteroatoms. The third-order valence-electron chi connectivity index (χ3n) is 3.28. The lowest BCUT2D eigenvalue weighted by Gasteiger charge is -2.15. The maximum absolute atomic E-state index is 13.0. The lowest BCUT2D eigenvalue weighted by molar-refractivity contribution is 0.452. The van der Waals surface area contributed by atoms with Gasteiger partial charge in [-0.2, -0.15) is 0 Å². The molecule has 0 spiro atoms. The van der Waals surface area contributed by atoms with Crippen LogP contribution in [0, 0.1) is 23.5 Å². The number of nitrogens with two attached hydrogens (primary N) is 1. The molecule has 1 aromatic rings. The van der Waals surface area contributed by atoms with Crippen LogP contribution in [-0.4, -0.2) is 6.04 Å². The Morgan fingerprint density at radius 3 is 2.38 bits per heavy atom. The van der Waals surface area contributed by atoms with Crippen molar-refractivity contribution in [1.82, 2.24) is 5.43 Å². The smallest absolute Gasteiger partial charge is 0.126 e. The van der Waals surface area contributed by atoms with Crippen molar-refractivity contribution < 1.29 is 8.78 Å². The normalized spacial score (nSPS) is 25.5. The maximum Gasteiger partial charge on any atom is 0.126 e. The minimum atomic E-state index is -0.533. The third-order valence-corrected chi connectivity index (χ3v) is 3.28. The first-order valence-corrected chi connectivity index (χ1v) is 5.51. The van der Waals surface area contributed by atoms with Crippen molar-refractivity contribution in [2.75, 3.05) is 0 Å². The van der Waals surface area contributed by atoms with E-state index in [0.717, 1.165) is 12.5 Å². The van der Waals surface area contributed by atoms with Gasteiger partial charge in [-0.15, -0.1) is 0 Å². The van der Waals surface area contributed by atoms with E-state index < -0.39 is 11.6 Å². The van der Waals surface area contributed by atoms with Crippen LogP contribution in [0.3, 0.4) is 0 Å². The van der Waals surface area contributed by atoms with Crippen molar-refractivity contribution in [3.63, 3.8) is 0 Å². The summed E-state index contributed by atoms with van der Waals surface area (Å²) in [6.45, 7) is 2.15. The Hall–Kier alpha value is -1.00. The molecular formula is C12H16F2N2. The molecule has 0 bridgehead atoms. The molecule has 2 nitrogen and oxygen atoms in total. The van der Waals surface area contributed by atoms with Crippen molar-refractivity contribution in [2.24, 2.45) is 17.7 Å². The van der Waals surface area contributed by atoms with E-state index in [1.165, 1.54) is 12.1 Å². The average molecular weight is 226 g/mol. The van der Waals surface area contributed by atoms with Gasteiger partial charge in [0.2, 0.25) is 0 Å². The Morgan fingerprint density at radius 1 is 1.38 bits per heavy atom. The van der Waals surface area contributed by atoms with E-state index in [0.29, 0.717) is 23.8 Å². The second kappa shape index (κ2) is 4.47. The predicted octanol–water partition coefficient (Wildman–Crippen LogP) is 2.00. The van der Waals surface area contributed by atoms with E-state index in [2.05, 4.69) is 12.3 Å². The fraction of sp³-hybridized carbons (Fsp3) is 0.500. The minimum Gasteiger partial charge on any atom is -0.271 e. The molecule has 0 amide bonds. The van der Waals surface area contributed by atoms with Crippen LogP contribution in [0.15, 0.2) is 18.2 Å².